The Morgan fingerprint density at radius 1 is 1.75 bits per heavy atom. The molecule has 0 aliphatic heterocycles. The third-order valence-corrected chi connectivity index (χ3v) is 1.20. The molecule has 1 atom stereocenters. The second-order valence-corrected chi connectivity index (χ2v) is 2.33. The van der Waals surface area contributed by atoms with Crippen LogP contribution in [0.5, 0.6) is 0 Å². The van der Waals surface area contributed by atoms with Gasteiger partial charge in [-0.2, -0.15) is 4.98 Å². The van der Waals surface area contributed by atoms with Crippen LogP contribution in [0.15, 0.2) is 17.2 Å². The Morgan fingerprint density at radius 3 is 2.83 bits per heavy atom. The molecule has 0 fully saturated rings. The Bertz CT molecular complexity index is 247. The quantitative estimate of drug-likeness (QED) is 0.727. The van der Waals surface area contributed by atoms with E-state index in [9.17, 15) is 0 Å². The zero-order valence-electron chi connectivity index (χ0n) is 6.86. The molecule has 0 aromatic carbocycles. The average Bonchev–Trinajstić information content (AvgIpc) is 2.37. The first-order valence-corrected chi connectivity index (χ1v) is 3.43. The number of nitrogens with two attached hydrogens (primary N) is 1. The molecule has 1 rings (SSSR count). The van der Waals surface area contributed by atoms with Gasteiger partial charge in [-0.3, -0.25) is 0 Å². The first-order valence-electron chi connectivity index (χ1n) is 3.43. The summed E-state index contributed by atoms with van der Waals surface area (Å²) in [5.74, 6) is 1.11. The van der Waals surface area contributed by atoms with Crippen LogP contribution < -0.4 is 5.73 Å². The third kappa shape index (κ3) is 2.64. The lowest BCUT2D eigenvalue weighted by Gasteiger charge is -1.92. The Labute approximate surface area is 77.2 Å². The van der Waals surface area contributed by atoms with Crippen molar-refractivity contribution in [1.82, 2.24) is 10.1 Å². The highest BCUT2D eigenvalue weighted by Gasteiger charge is 2.07. The van der Waals surface area contributed by atoms with Gasteiger partial charge in [-0.05, 0) is 6.92 Å². The van der Waals surface area contributed by atoms with E-state index in [1.165, 1.54) is 0 Å². The fraction of sp³-hybridized carbons (Fsp3) is 0.429. The molecule has 1 aromatic rings. The smallest absolute Gasteiger partial charge is 0.243 e. The Kier molecular flexibility index (Phi) is 4.54. The molecule has 0 saturated carbocycles. The van der Waals surface area contributed by atoms with Crippen molar-refractivity contribution in [2.75, 3.05) is 0 Å². The Hall–Kier alpha value is -0.870. The van der Waals surface area contributed by atoms with E-state index >= 15 is 0 Å². The van der Waals surface area contributed by atoms with Crippen molar-refractivity contribution in [3.63, 3.8) is 0 Å². The minimum Gasteiger partial charge on any atom is -0.338 e. The highest BCUT2D eigenvalue weighted by molar-refractivity contribution is 5.85. The second-order valence-electron chi connectivity index (χ2n) is 2.33. The first kappa shape index (κ1) is 11.1. The van der Waals surface area contributed by atoms with Crippen molar-refractivity contribution in [2.24, 2.45) is 5.73 Å². The minimum atomic E-state index is -0.193. The molecule has 12 heavy (non-hydrogen) atoms. The van der Waals surface area contributed by atoms with Crippen LogP contribution >= 0.6 is 12.4 Å². The van der Waals surface area contributed by atoms with E-state index in [2.05, 4.69) is 16.7 Å². The molecule has 0 radical (unpaired) electrons. The molecule has 68 valence electrons. The Morgan fingerprint density at radius 2 is 2.42 bits per heavy atom. The lowest BCUT2D eigenvalue weighted by atomic mass is 10.3. The van der Waals surface area contributed by atoms with Gasteiger partial charge in [-0.15, -0.1) is 19.0 Å². The standard InChI is InChI=1S/C7H11N3O.ClH/c1-3-4-6-9-7(5(2)8)11-10-6;/h3,5H,1,4,8H2,2H3;1H/t5-;/m0./s1. The number of aromatic nitrogens is 2. The van der Waals surface area contributed by atoms with Crippen LogP contribution in [0.2, 0.25) is 0 Å². The third-order valence-electron chi connectivity index (χ3n) is 1.20. The van der Waals surface area contributed by atoms with Crippen LogP contribution in [0.3, 0.4) is 0 Å². The summed E-state index contributed by atoms with van der Waals surface area (Å²) in [6, 6.07) is -0.193. The van der Waals surface area contributed by atoms with Gasteiger partial charge in [0.25, 0.3) is 0 Å². The van der Waals surface area contributed by atoms with Crippen LogP contribution in [0, 0.1) is 0 Å². The molecular formula is C7H12ClN3O. The maximum atomic E-state index is 5.50. The predicted molar refractivity (Wildman–Crippen MR) is 48.0 cm³/mol. The Balaban J connectivity index is 0.00000121. The molecule has 0 amide bonds. The van der Waals surface area contributed by atoms with Gasteiger partial charge in [0, 0.05) is 6.42 Å². The summed E-state index contributed by atoms with van der Waals surface area (Å²) in [4.78, 5) is 4.03. The summed E-state index contributed by atoms with van der Waals surface area (Å²) < 4.78 is 4.84. The van der Waals surface area contributed by atoms with Crippen LogP contribution in [0.1, 0.15) is 24.7 Å². The van der Waals surface area contributed by atoms with Gasteiger partial charge in [0.15, 0.2) is 5.82 Å². The number of hydrogen-bond donors (Lipinski definition) is 1. The molecule has 0 spiro atoms. The summed E-state index contributed by atoms with van der Waals surface area (Å²) in [5, 5.41) is 3.69. The maximum Gasteiger partial charge on any atom is 0.243 e. The van der Waals surface area contributed by atoms with Crippen molar-refractivity contribution < 1.29 is 4.52 Å². The van der Waals surface area contributed by atoms with Crippen LogP contribution in [0.4, 0.5) is 0 Å². The van der Waals surface area contributed by atoms with E-state index in [4.69, 9.17) is 10.3 Å². The molecule has 0 bridgehead atoms. The highest BCUT2D eigenvalue weighted by Crippen LogP contribution is 2.05. The van der Waals surface area contributed by atoms with Gasteiger partial charge in [0.2, 0.25) is 5.89 Å². The van der Waals surface area contributed by atoms with E-state index in [1.807, 2.05) is 0 Å². The van der Waals surface area contributed by atoms with E-state index in [0.717, 1.165) is 0 Å². The fourth-order valence-corrected chi connectivity index (χ4v) is 0.664. The molecule has 1 aromatic heterocycles. The number of rotatable bonds is 3. The lowest BCUT2D eigenvalue weighted by Crippen LogP contribution is -2.05. The van der Waals surface area contributed by atoms with Crippen molar-refractivity contribution >= 4 is 12.4 Å². The van der Waals surface area contributed by atoms with Gasteiger partial charge in [0.05, 0.1) is 6.04 Å². The molecule has 0 aliphatic carbocycles. The predicted octanol–water partition coefficient (Wildman–Crippen LogP) is 1.24. The molecule has 0 saturated heterocycles. The van der Waals surface area contributed by atoms with E-state index in [-0.39, 0.29) is 18.4 Å². The van der Waals surface area contributed by atoms with Crippen LogP contribution in [0.25, 0.3) is 0 Å². The average molecular weight is 190 g/mol. The van der Waals surface area contributed by atoms with Crippen molar-refractivity contribution in [3.8, 4) is 0 Å². The van der Waals surface area contributed by atoms with Crippen molar-refractivity contribution in [3.05, 3.63) is 24.4 Å². The summed E-state index contributed by atoms with van der Waals surface area (Å²) >= 11 is 0. The molecule has 2 N–H and O–H groups in total. The molecule has 0 aliphatic rings. The summed E-state index contributed by atoms with van der Waals surface area (Å²) in [6.07, 6.45) is 2.34. The normalized spacial score (nSPS) is 11.8. The topological polar surface area (TPSA) is 64.9 Å². The van der Waals surface area contributed by atoms with Gasteiger partial charge >= 0.3 is 0 Å². The van der Waals surface area contributed by atoms with Gasteiger partial charge in [0.1, 0.15) is 0 Å². The minimum absolute atomic E-state index is 0. The van der Waals surface area contributed by atoms with Crippen molar-refractivity contribution in [1.29, 1.82) is 0 Å². The van der Waals surface area contributed by atoms with E-state index in [0.29, 0.717) is 18.1 Å². The first-order chi connectivity index (χ1) is 5.24. The zero-order chi connectivity index (χ0) is 8.27. The number of hydrogen-bond acceptors (Lipinski definition) is 4. The highest BCUT2D eigenvalue weighted by atomic mass is 35.5. The molecular weight excluding hydrogens is 178 g/mol. The SMILES string of the molecule is C=CCc1noc([C@H](C)N)n1.Cl. The fourth-order valence-electron chi connectivity index (χ4n) is 0.664. The maximum absolute atomic E-state index is 5.50. The number of allylic oxidation sites excluding steroid dienone is 1. The molecule has 0 unspecified atom stereocenters. The van der Waals surface area contributed by atoms with Gasteiger partial charge in [-0.25, -0.2) is 0 Å². The summed E-state index contributed by atoms with van der Waals surface area (Å²) in [5.41, 5.74) is 5.50. The monoisotopic (exact) mass is 189 g/mol. The summed E-state index contributed by atoms with van der Waals surface area (Å²) in [7, 11) is 0. The van der Waals surface area contributed by atoms with E-state index in [1.54, 1.807) is 13.0 Å². The summed E-state index contributed by atoms with van der Waals surface area (Å²) in [6.45, 7) is 5.35. The van der Waals surface area contributed by atoms with Crippen LogP contribution in [-0.2, 0) is 6.42 Å². The van der Waals surface area contributed by atoms with E-state index < -0.39 is 0 Å². The lowest BCUT2D eigenvalue weighted by molar-refractivity contribution is 0.358. The van der Waals surface area contributed by atoms with Gasteiger partial charge in [-0.1, -0.05) is 11.2 Å². The second kappa shape index (κ2) is 4.90. The van der Waals surface area contributed by atoms with Crippen molar-refractivity contribution in [2.45, 2.75) is 19.4 Å². The molecule has 5 heteroatoms. The number of nitrogens with zero attached hydrogens (tertiary/aromatic N) is 2. The van der Waals surface area contributed by atoms with Gasteiger partial charge < -0.3 is 10.3 Å². The zero-order valence-corrected chi connectivity index (χ0v) is 7.67. The van der Waals surface area contributed by atoms with Crippen LogP contribution in [-0.4, -0.2) is 10.1 Å². The number of halogens is 1. The largest absolute Gasteiger partial charge is 0.338 e. The molecule has 1 heterocycles. The molecule has 4 nitrogen and oxygen atoms in total.